The van der Waals surface area contributed by atoms with Crippen LogP contribution >= 0.6 is 0 Å². The number of carbonyl (C=O) groups excluding carboxylic acids is 3. The predicted molar refractivity (Wildman–Crippen MR) is 99.3 cm³/mol. The zero-order valence-corrected chi connectivity index (χ0v) is 15.9. The van der Waals surface area contributed by atoms with Crippen molar-refractivity contribution >= 4 is 17.8 Å². The molecule has 0 bridgehead atoms. The predicted octanol–water partition coefficient (Wildman–Crippen LogP) is 0.562. The van der Waals surface area contributed by atoms with Crippen molar-refractivity contribution < 1.29 is 19.1 Å². The fraction of sp³-hybridized carbons (Fsp3) is 0.421. The average molecular weight is 385 g/mol. The molecule has 1 aliphatic heterocycles. The smallest absolute Gasteiger partial charge is 0.361 e. The van der Waals surface area contributed by atoms with Gasteiger partial charge in [0.25, 0.3) is 5.91 Å². The summed E-state index contributed by atoms with van der Waals surface area (Å²) in [6.45, 7) is 5.33. The molecule has 0 saturated carbocycles. The van der Waals surface area contributed by atoms with Crippen molar-refractivity contribution in [1.29, 1.82) is 0 Å². The quantitative estimate of drug-likeness (QED) is 0.698. The Morgan fingerprint density at radius 3 is 2.36 bits per heavy atom. The molecule has 2 amide bonds. The number of hydrogen-bond donors (Lipinski definition) is 0. The highest BCUT2D eigenvalue weighted by molar-refractivity contribution is 5.90. The van der Waals surface area contributed by atoms with Crippen molar-refractivity contribution in [2.24, 2.45) is 0 Å². The van der Waals surface area contributed by atoms with Crippen LogP contribution in [0.3, 0.4) is 0 Å². The van der Waals surface area contributed by atoms with Crippen LogP contribution in [0.1, 0.15) is 29.9 Å². The molecule has 1 aromatic heterocycles. The number of rotatable bonds is 5. The molecule has 1 aliphatic rings. The van der Waals surface area contributed by atoms with Gasteiger partial charge < -0.3 is 14.5 Å². The van der Waals surface area contributed by atoms with E-state index in [-0.39, 0.29) is 17.5 Å². The number of esters is 1. The van der Waals surface area contributed by atoms with Gasteiger partial charge in [0.15, 0.2) is 11.8 Å². The molecule has 1 aromatic carbocycles. The van der Waals surface area contributed by atoms with Crippen molar-refractivity contribution in [3.05, 3.63) is 47.8 Å². The Labute approximate surface area is 162 Å². The van der Waals surface area contributed by atoms with Gasteiger partial charge in [0, 0.05) is 33.1 Å². The molecular formula is C19H23N5O4. The van der Waals surface area contributed by atoms with Crippen molar-refractivity contribution in [2.75, 3.05) is 26.2 Å². The Morgan fingerprint density at radius 1 is 1.07 bits per heavy atom. The number of benzene rings is 1. The Morgan fingerprint density at radius 2 is 1.71 bits per heavy atom. The topological polar surface area (TPSA) is 97.6 Å². The third-order valence-electron chi connectivity index (χ3n) is 4.60. The van der Waals surface area contributed by atoms with Gasteiger partial charge in [-0.2, -0.15) is 0 Å². The second-order valence-corrected chi connectivity index (χ2v) is 6.67. The first kappa shape index (κ1) is 19.5. The van der Waals surface area contributed by atoms with Gasteiger partial charge in [-0.3, -0.25) is 9.59 Å². The summed E-state index contributed by atoms with van der Waals surface area (Å²) in [7, 11) is 0. The molecule has 1 fully saturated rings. The molecule has 2 aromatic rings. The van der Waals surface area contributed by atoms with E-state index in [2.05, 4.69) is 10.3 Å². The van der Waals surface area contributed by atoms with Gasteiger partial charge in [-0.05, 0) is 12.5 Å². The first-order valence-electron chi connectivity index (χ1n) is 9.13. The molecule has 0 aliphatic carbocycles. The normalized spacial score (nSPS) is 15.2. The largest absolute Gasteiger partial charge is 0.448 e. The summed E-state index contributed by atoms with van der Waals surface area (Å²) in [6.07, 6.45) is 0.564. The lowest BCUT2D eigenvalue weighted by Crippen LogP contribution is -2.52. The molecule has 2 heterocycles. The molecule has 28 heavy (non-hydrogen) atoms. The molecule has 0 N–H and O–H groups in total. The van der Waals surface area contributed by atoms with E-state index in [0.29, 0.717) is 32.7 Å². The zero-order valence-electron chi connectivity index (χ0n) is 15.9. The van der Waals surface area contributed by atoms with E-state index in [1.807, 2.05) is 30.3 Å². The Hall–Kier alpha value is -3.23. The number of ether oxygens (including phenoxy) is 1. The molecule has 0 radical (unpaired) electrons. The molecule has 9 heteroatoms. The van der Waals surface area contributed by atoms with E-state index in [9.17, 15) is 14.4 Å². The van der Waals surface area contributed by atoms with Crippen LogP contribution in [-0.2, 0) is 20.9 Å². The Balaban J connectivity index is 1.53. The van der Waals surface area contributed by atoms with Crippen LogP contribution in [0.5, 0.6) is 0 Å². The second kappa shape index (κ2) is 8.64. The highest BCUT2D eigenvalue weighted by Gasteiger charge is 2.28. The maximum Gasteiger partial charge on any atom is 0.361 e. The Bertz CT molecular complexity index is 843. The van der Waals surface area contributed by atoms with E-state index < -0.39 is 12.1 Å². The van der Waals surface area contributed by atoms with E-state index in [0.717, 1.165) is 5.56 Å². The van der Waals surface area contributed by atoms with Gasteiger partial charge in [0.2, 0.25) is 5.91 Å². The van der Waals surface area contributed by atoms with Crippen molar-refractivity contribution in [3.63, 3.8) is 0 Å². The number of hydrogen-bond acceptors (Lipinski definition) is 6. The minimum Gasteiger partial charge on any atom is -0.448 e. The second-order valence-electron chi connectivity index (χ2n) is 6.67. The third-order valence-corrected chi connectivity index (χ3v) is 4.60. The highest BCUT2D eigenvalue weighted by atomic mass is 16.5. The van der Waals surface area contributed by atoms with E-state index in [1.54, 1.807) is 14.5 Å². The number of nitrogens with zero attached hydrogens (tertiary/aromatic N) is 5. The first-order valence-corrected chi connectivity index (χ1v) is 9.13. The molecular weight excluding hydrogens is 362 g/mol. The lowest BCUT2D eigenvalue weighted by Gasteiger charge is -2.35. The summed E-state index contributed by atoms with van der Waals surface area (Å²) in [6, 6.07) is 9.67. The summed E-state index contributed by atoms with van der Waals surface area (Å²) in [5, 5.41) is 7.77. The highest BCUT2D eigenvalue weighted by Crippen LogP contribution is 2.09. The minimum atomic E-state index is -0.935. The lowest BCUT2D eigenvalue weighted by atomic mass is 10.2. The maximum absolute atomic E-state index is 12.5. The number of carbonyl (C=O) groups is 3. The van der Waals surface area contributed by atoms with Gasteiger partial charge in [0.05, 0.1) is 12.7 Å². The standard InChI is InChI=1S/C19H23N5O4/c1-14(18(26)23-10-8-22(9-11-23)15(2)25)28-19(27)17-13-24(21-20-17)12-16-6-4-3-5-7-16/h3-7,13-14H,8-12H2,1-2H3. The van der Waals surface area contributed by atoms with Crippen LogP contribution in [-0.4, -0.2) is 74.9 Å². The zero-order chi connectivity index (χ0) is 20.1. The lowest BCUT2D eigenvalue weighted by molar-refractivity contribution is -0.144. The van der Waals surface area contributed by atoms with Crippen molar-refractivity contribution in [2.45, 2.75) is 26.5 Å². The van der Waals surface area contributed by atoms with Crippen LogP contribution in [0.15, 0.2) is 36.5 Å². The summed E-state index contributed by atoms with van der Waals surface area (Å²) in [5.74, 6) is -0.985. The van der Waals surface area contributed by atoms with E-state index in [1.165, 1.54) is 20.0 Å². The van der Waals surface area contributed by atoms with Gasteiger partial charge in [-0.15, -0.1) is 5.10 Å². The molecule has 0 spiro atoms. The SMILES string of the molecule is CC(=O)N1CCN(C(=O)C(C)OC(=O)c2cn(Cc3ccccc3)nn2)CC1. The summed E-state index contributed by atoms with van der Waals surface area (Å²) in [4.78, 5) is 39.4. The number of amides is 2. The third kappa shape index (κ3) is 4.73. The van der Waals surface area contributed by atoms with E-state index >= 15 is 0 Å². The van der Waals surface area contributed by atoms with Crippen LogP contribution in [0.4, 0.5) is 0 Å². The molecule has 9 nitrogen and oxygen atoms in total. The van der Waals surface area contributed by atoms with Crippen molar-refractivity contribution in [3.8, 4) is 0 Å². The van der Waals surface area contributed by atoms with Gasteiger partial charge in [-0.25, -0.2) is 9.48 Å². The average Bonchev–Trinajstić information content (AvgIpc) is 3.17. The molecule has 1 saturated heterocycles. The monoisotopic (exact) mass is 385 g/mol. The van der Waals surface area contributed by atoms with Crippen LogP contribution < -0.4 is 0 Å². The van der Waals surface area contributed by atoms with Gasteiger partial charge >= 0.3 is 5.97 Å². The van der Waals surface area contributed by atoms with E-state index in [4.69, 9.17) is 4.74 Å². The van der Waals surface area contributed by atoms with Crippen LogP contribution in [0.2, 0.25) is 0 Å². The summed E-state index contributed by atoms with van der Waals surface area (Å²) < 4.78 is 6.80. The fourth-order valence-corrected chi connectivity index (χ4v) is 3.01. The van der Waals surface area contributed by atoms with Crippen LogP contribution in [0.25, 0.3) is 0 Å². The molecule has 148 valence electrons. The fourth-order valence-electron chi connectivity index (χ4n) is 3.01. The first-order chi connectivity index (χ1) is 13.4. The summed E-state index contributed by atoms with van der Waals surface area (Å²) in [5.41, 5.74) is 1.08. The molecule has 1 unspecified atom stereocenters. The maximum atomic E-state index is 12.5. The van der Waals surface area contributed by atoms with Crippen molar-refractivity contribution in [1.82, 2.24) is 24.8 Å². The number of piperazine rings is 1. The molecule has 3 rings (SSSR count). The Kier molecular flexibility index (Phi) is 6.03. The minimum absolute atomic E-state index is 0.00911. The summed E-state index contributed by atoms with van der Waals surface area (Å²) >= 11 is 0. The van der Waals surface area contributed by atoms with Gasteiger partial charge in [-0.1, -0.05) is 35.5 Å². The van der Waals surface area contributed by atoms with Crippen LogP contribution in [0, 0.1) is 0 Å². The number of aromatic nitrogens is 3. The molecule has 1 atom stereocenters. The van der Waals surface area contributed by atoms with Gasteiger partial charge in [0.1, 0.15) is 0 Å².